The number of aliphatic hydroxyl groups excluding tert-OH is 1. The molecule has 0 bridgehead atoms. The summed E-state index contributed by atoms with van der Waals surface area (Å²) >= 11 is 0. The van der Waals surface area contributed by atoms with E-state index in [0.717, 1.165) is 5.56 Å². The highest BCUT2D eigenvalue weighted by atomic mass is 19.4. The molecular formula is C22H26F3N5O5. The second-order valence-corrected chi connectivity index (χ2v) is 7.04. The van der Waals surface area contributed by atoms with Gasteiger partial charge >= 0.3 is 6.36 Å². The molecule has 0 aliphatic carbocycles. The molecule has 0 aliphatic rings. The lowest BCUT2D eigenvalue weighted by Crippen LogP contribution is -2.16. The van der Waals surface area contributed by atoms with Crippen LogP contribution in [-0.4, -0.2) is 77.5 Å². The maximum atomic E-state index is 12.3. The lowest BCUT2D eigenvalue weighted by molar-refractivity contribution is -0.274. The lowest BCUT2D eigenvalue weighted by atomic mass is 10.2. The fourth-order valence-corrected chi connectivity index (χ4v) is 2.85. The third-order valence-corrected chi connectivity index (χ3v) is 4.40. The lowest BCUT2D eigenvalue weighted by Gasteiger charge is -2.10. The quantitative estimate of drug-likeness (QED) is 0.306. The van der Waals surface area contributed by atoms with Crippen molar-refractivity contribution in [3.63, 3.8) is 0 Å². The first kappa shape index (κ1) is 26.3. The Balaban J connectivity index is 1.42. The molecule has 3 aromatic rings. The number of hydrogen-bond donors (Lipinski definition) is 2. The van der Waals surface area contributed by atoms with Crippen molar-refractivity contribution in [3.05, 3.63) is 49.1 Å². The molecule has 0 aliphatic heterocycles. The highest BCUT2D eigenvalue weighted by Gasteiger charge is 2.30. The van der Waals surface area contributed by atoms with E-state index < -0.39 is 6.36 Å². The Kier molecular flexibility index (Phi) is 10.2. The third kappa shape index (κ3) is 9.86. The number of ether oxygens (including phenoxy) is 4. The maximum absolute atomic E-state index is 12.3. The van der Waals surface area contributed by atoms with E-state index in [9.17, 15) is 13.2 Å². The van der Waals surface area contributed by atoms with Gasteiger partial charge in [0.2, 0.25) is 0 Å². The van der Waals surface area contributed by atoms with Crippen LogP contribution >= 0.6 is 0 Å². The van der Waals surface area contributed by atoms with E-state index in [0.29, 0.717) is 63.4 Å². The molecule has 0 fully saturated rings. The zero-order chi connectivity index (χ0) is 24.9. The summed E-state index contributed by atoms with van der Waals surface area (Å²) < 4.78 is 58.4. The average molecular weight is 497 g/mol. The highest BCUT2D eigenvalue weighted by Crippen LogP contribution is 2.25. The van der Waals surface area contributed by atoms with E-state index >= 15 is 0 Å². The van der Waals surface area contributed by atoms with Crippen LogP contribution in [0.3, 0.4) is 0 Å². The summed E-state index contributed by atoms with van der Waals surface area (Å²) in [6.45, 7) is 3.06. The SMILES string of the molecule is OCCOCCOCCOCCn1cc(-c2cc(Nc3ccc(OC(F)(F)F)cc3)ncn2)cn1. The predicted octanol–water partition coefficient (Wildman–Crippen LogP) is 3.02. The Morgan fingerprint density at radius 1 is 0.914 bits per heavy atom. The molecule has 3 rings (SSSR count). The van der Waals surface area contributed by atoms with E-state index in [2.05, 4.69) is 25.1 Å². The van der Waals surface area contributed by atoms with Gasteiger partial charge in [0.05, 0.1) is 64.7 Å². The second-order valence-electron chi connectivity index (χ2n) is 7.04. The van der Waals surface area contributed by atoms with Crippen LogP contribution in [0.1, 0.15) is 0 Å². The van der Waals surface area contributed by atoms with Crippen LogP contribution in [0.2, 0.25) is 0 Å². The minimum Gasteiger partial charge on any atom is -0.406 e. The van der Waals surface area contributed by atoms with Gasteiger partial charge in [-0.2, -0.15) is 5.10 Å². The molecule has 190 valence electrons. The second kappa shape index (κ2) is 13.6. The minimum atomic E-state index is -4.74. The van der Waals surface area contributed by atoms with Gasteiger partial charge in [0.1, 0.15) is 17.9 Å². The van der Waals surface area contributed by atoms with E-state index in [1.807, 2.05) is 6.20 Å². The van der Waals surface area contributed by atoms with Gasteiger partial charge in [-0.15, -0.1) is 13.2 Å². The molecule has 0 amide bonds. The molecular weight excluding hydrogens is 471 g/mol. The number of hydrogen-bond acceptors (Lipinski definition) is 9. The van der Waals surface area contributed by atoms with Gasteiger partial charge in [-0.1, -0.05) is 0 Å². The molecule has 0 saturated carbocycles. The highest BCUT2D eigenvalue weighted by molar-refractivity contribution is 5.64. The van der Waals surface area contributed by atoms with Crippen molar-refractivity contribution in [2.24, 2.45) is 0 Å². The van der Waals surface area contributed by atoms with Gasteiger partial charge in [0.25, 0.3) is 0 Å². The molecule has 0 radical (unpaired) electrons. The van der Waals surface area contributed by atoms with Crippen LogP contribution in [-0.2, 0) is 20.8 Å². The summed E-state index contributed by atoms with van der Waals surface area (Å²) in [6.07, 6.45) is 0.144. The summed E-state index contributed by atoms with van der Waals surface area (Å²) in [5.41, 5.74) is 1.94. The molecule has 0 atom stereocenters. The van der Waals surface area contributed by atoms with E-state index in [1.54, 1.807) is 16.9 Å². The van der Waals surface area contributed by atoms with Crippen molar-refractivity contribution >= 4 is 11.5 Å². The number of alkyl halides is 3. The molecule has 2 N–H and O–H groups in total. The summed E-state index contributed by atoms with van der Waals surface area (Å²) in [5, 5.41) is 15.9. The van der Waals surface area contributed by atoms with Gasteiger partial charge < -0.3 is 29.4 Å². The summed E-state index contributed by atoms with van der Waals surface area (Å²) in [6, 6.07) is 7.04. The predicted molar refractivity (Wildman–Crippen MR) is 119 cm³/mol. The van der Waals surface area contributed by atoms with Gasteiger partial charge in [0, 0.05) is 23.5 Å². The van der Waals surface area contributed by atoms with Crippen LogP contribution in [0, 0.1) is 0 Å². The molecule has 0 saturated heterocycles. The summed E-state index contributed by atoms with van der Waals surface area (Å²) in [5.74, 6) is 0.163. The van der Waals surface area contributed by atoms with Gasteiger partial charge in [-0.25, -0.2) is 9.97 Å². The van der Waals surface area contributed by atoms with E-state index in [4.69, 9.17) is 19.3 Å². The number of anilines is 2. The number of aliphatic hydroxyl groups is 1. The van der Waals surface area contributed by atoms with Gasteiger partial charge in [-0.3, -0.25) is 4.68 Å². The zero-order valence-electron chi connectivity index (χ0n) is 18.8. The molecule has 13 heteroatoms. The molecule has 10 nitrogen and oxygen atoms in total. The van der Waals surface area contributed by atoms with Crippen molar-refractivity contribution in [1.82, 2.24) is 19.7 Å². The first-order chi connectivity index (χ1) is 16.9. The molecule has 2 aromatic heterocycles. The third-order valence-electron chi connectivity index (χ3n) is 4.40. The number of halogens is 3. The molecule has 0 unspecified atom stereocenters. The minimum absolute atomic E-state index is 0.00487. The largest absolute Gasteiger partial charge is 0.573 e. The van der Waals surface area contributed by atoms with Crippen LogP contribution < -0.4 is 10.1 Å². The van der Waals surface area contributed by atoms with E-state index in [1.165, 1.54) is 30.6 Å². The summed E-state index contributed by atoms with van der Waals surface area (Å²) in [7, 11) is 0. The van der Waals surface area contributed by atoms with Crippen LogP contribution in [0.4, 0.5) is 24.7 Å². The van der Waals surface area contributed by atoms with Crippen molar-refractivity contribution < 1.29 is 37.2 Å². The van der Waals surface area contributed by atoms with Crippen molar-refractivity contribution in [1.29, 1.82) is 0 Å². The topological polar surface area (TPSA) is 113 Å². The van der Waals surface area contributed by atoms with E-state index in [-0.39, 0.29) is 12.4 Å². The Morgan fingerprint density at radius 3 is 2.29 bits per heavy atom. The standard InChI is InChI=1S/C22H26F3N5O5/c23-22(24,25)35-19-3-1-18(2-4-19)29-21-13-20(26-16-27-21)17-14-28-30(15-17)5-7-32-9-11-34-12-10-33-8-6-31/h1-4,13-16,31H,5-12H2,(H,26,27,29). The monoisotopic (exact) mass is 497 g/mol. The van der Waals surface area contributed by atoms with Crippen molar-refractivity contribution in [3.8, 4) is 17.0 Å². The Morgan fingerprint density at radius 2 is 1.60 bits per heavy atom. The molecule has 35 heavy (non-hydrogen) atoms. The van der Waals surface area contributed by atoms with Crippen LogP contribution in [0.25, 0.3) is 11.3 Å². The normalized spacial score (nSPS) is 11.5. The number of aromatic nitrogens is 4. The maximum Gasteiger partial charge on any atom is 0.573 e. The Bertz CT molecular complexity index is 1020. The first-order valence-corrected chi connectivity index (χ1v) is 10.7. The van der Waals surface area contributed by atoms with Gasteiger partial charge in [0.15, 0.2) is 0 Å². The van der Waals surface area contributed by atoms with Crippen molar-refractivity contribution in [2.45, 2.75) is 12.9 Å². The number of nitrogens with zero attached hydrogens (tertiary/aromatic N) is 4. The number of rotatable bonds is 15. The number of benzene rings is 1. The molecule has 1 aromatic carbocycles. The van der Waals surface area contributed by atoms with Crippen LogP contribution in [0.5, 0.6) is 5.75 Å². The fraction of sp³-hybridized carbons (Fsp3) is 0.409. The first-order valence-electron chi connectivity index (χ1n) is 10.7. The molecule has 0 spiro atoms. The van der Waals surface area contributed by atoms with Gasteiger partial charge in [-0.05, 0) is 24.3 Å². The summed E-state index contributed by atoms with van der Waals surface area (Å²) in [4.78, 5) is 8.40. The zero-order valence-corrected chi connectivity index (χ0v) is 18.8. The Hall–Kier alpha value is -3.26. The smallest absolute Gasteiger partial charge is 0.406 e. The molecule has 2 heterocycles. The van der Waals surface area contributed by atoms with Crippen LogP contribution in [0.15, 0.2) is 49.1 Å². The van der Waals surface area contributed by atoms with Crippen molar-refractivity contribution in [2.75, 3.05) is 51.6 Å². The Labute approximate surface area is 199 Å². The fourth-order valence-electron chi connectivity index (χ4n) is 2.85. The average Bonchev–Trinajstić information content (AvgIpc) is 3.30. The number of nitrogens with one attached hydrogen (secondary N) is 1.